The molecule has 1 aliphatic rings. The maximum absolute atomic E-state index is 13.1. The Balaban J connectivity index is 1.90. The molecule has 1 aromatic carbocycles. The number of hydrogen-bond donors (Lipinski definition) is 1. The Hall–Kier alpha value is -1.50. The van der Waals surface area contributed by atoms with E-state index >= 15 is 0 Å². The summed E-state index contributed by atoms with van der Waals surface area (Å²) in [7, 11) is 0. The molecule has 0 bridgehead atoms. The van der Waals surface area contributed by atoms with Gasteiger partial charge in [-0.15, -0.1) is 23.1 Å². The average Bonchev–Trinajstić information content (AvgIpc) is 3.28. The van der Waals surface area contributed by atoms with Crippen molar-refractivity contribution in [2.45, 2.75) is 24.8 Å². The number of carbonyl (C=O) groups is 2. The molecule has 2 aromatic rings. The number of carbonyl (C=O) groups excluding carboxylic acids is 2. The molecule has 132 valence electrons. The number of rotatable bonds is 5. The normalized spacial score (nSPS) is 19.8. The molecule has 0 radical (unpaired) electrons. The van der Waals surface area contributed by atoms with Crippen LogP contribution in [0.25, 0.3) is 0 Å². The molecule has 0 aliphatic carbocycles. The van der Waals surface area contributed by atoms with Crippen LogP contribution in [0.15, 0.2) is 41.8 Å². The molecule has 1 aliphatic heterocycles. The van der Waals surface area contributed by atoms with E-state index < -0.39 is 6.04 Å². The monoisotopic (exact) mass is 394 g/mol. The third kappa shape index (κ3) is 4.02. The predicted octanol–water partition coefficient (Wildman–Crippen LogP) is 4.18. The number of hydrogen-bond acceptors (Lipinski definition) is 4. The van der Waals surface area contributed by atoms with Gasteiger partial charge in [-0.3, -0.25) is 9.59 Å². The Morgan fingerprint density at radius 3 is 2.68 bits per heavy atom. The Bertz CT molecular complexity index is 734. The van der Waals surface area contributed by atoms with Crippen molar-refractivity contribution in [3.8, 4) is 0 Å². The van der Waals surface area contributed by atoms with Gasteiger partial charge >= 0.3 is 0 Å². The quantitative estimate of drug-likeness (QED) is 0.827. The minimum atomic E-state index is -0.466. The molecule has 2 amide bonds. The van der Waals surface area contributed by atoms with E-state index in [1.165, 1.54) is 0 Å². The first-order valence-electron chi connectivity index (χ1n) is 8.12. The highest BCUT2D eigenvalue weighted by molar-refractivity contribution is 7.99. The second-order valence-corrected chi connectivity index (χ2v) is 8.26. The van der Waals surface area contributed by atoms with E-state index in [2.05, 4.69) is 5.32 Å². The summed E-state index contributed by atoms with van der Waals surface area (Å²) >= 11 is 9.17. The first-order chi connectivity index (χ1) is 12.1. The van der Waals surface area contributed by atoms with Crippen molar-refractivity contribution >= 4 is 46.5 Å². The van der Waals surface area contributed by atoms with E-state index in [0.717, 1.165) is 11.3 Å². The van der Waals surface area contributed by atoms with Gasteiger partial charge in [-0.1, -0.05) is 24.6 Å². The van der Waals surface area contributed by atoms with Gasteiger partial charge in [0.05, 0.1) is 0 Å². The number of nitrogens with zero attached hydrogens (tertiary/aromatic N) is 1. The Labute approximate surface area is 160 Å². The van der Waals surface area contributed by atoms with E-state index in [1.54, 1.807) is 52.3 Å². The lowest BCUT2D eigenvalue weighted by Crippen LogP contribution is -2.48. The number of thiophene rings is 1. The SMILES string of the molecule is CCCNC(=O)[C@H]1CS[C@@H](c2cccs2)N1C(=O)c1ccc(Cl)cc1. The van der Waals surface area contributed by atoms with Crippen LogP contribution in [0, 0.1) is 0 Å². The fourth-order valence-electron chi connectivity index (χ4n) is 2.71. The minimum absolute atomic E-state index is 0.0873. The summed E-state index contributed by atoms with van der Waals surface area (Å²) in [4.78, 5) is 28.5. The first-order valence-corrected chi connectivity index (χ1v) is 10.4. The van der Waals surface area contributed by atoms with E-state index in [9.17, 15) is 9.59 Å². The smallest absolute Gasteiger partial charge is 0.255 e. The third-order valence-corrected chi connectivity index (χ3v) is 6.60. The van der Waals surface area contributed by atoms with Gasteiger partial charge in [-0.2, -0.15) is 0 Å². The van der Waals surface area contributed by atoms with Crippen LogP contribution in [0.5, 0.6) is 0 Å². The molecule has 25 heavy (non-hydrogen) atoms. The maximum atomic E-state index is 13.1. The summed E-state index contributed by atoms with van der Waals surface area (Å²) in [6.07, 6.45) is 0.866. The first kappa shape index (κ1) is 18.3. The van der Waals surface area contributed by atoms with E-state index in [0.29, 0.717) is 22.9 Å². The Kier molecular flexibility index (Phi) is 6.04. The molecule has 3 rings (SSSR count). The van der Waals surface area contributed by atoms with Crippen molar-refractivity contribution in [3.05, 3.63) is 57.2 Å². The van der Waals surface area contributed by atoms with Crippen molar-refractivity contribution in [1.29, 1.82) is 0 Å². The van der Waals surface area contributed by atoms with E-state index in [4.69, 9.17) is 11.6 Å². The molecular formula is C18H19ClN2O2S2. The van der Waals surface area contributed by atoms with Gasteiger partial charge in [0.2, 0.25) is 5.91 Å². The highest BCUT2D eigenvalue weighted by atomic mass is 35.5. The van der Waals surface area contributed by atoms with Crippen LogP contribution in [0.3, 0.4) is 0 Å². The minimum Gasteiger partial charge on any atom is -0.354 e. The highest BCUT2D eigenvalue weighted by Gasteiger charge is 2.42. The zero-order valence-corrected chi connectivity index (χ0v) is 16.2. The standard InChI is InChI=1S/C18H19ClN2O2S2/c1-2-9-20-16(22)14-11-25-18(15-4-3-10-24-15)21(14)17(23)12-5-7-13(19)8-6-12/h3-8,10,14,18H,2,9,11H2,1H3,(H,20,22)/t14-,18+/m1/s1. The zero-order chi connectivity index (χ0) is 17.8. The molecule has 2 heterocycles. The topological polar surface area (TPSA) is 49.4 Å². The number of nitrogens with one attached hydrogen (secondary N) is 1. The third-order valence-electron chi connectivity index (χ3n) is 3.96. The molecule has 1 saturated heterocycles. The zero-order valence-electron chi connectivity index (χ0n) is 13.8. The van der Waals surface area contributed by atoms with Gasteiger partial charge in [-0.25, -0.2) is 0 Å². The molecule has 2 atom stereocenters. The number of thioether (sulfide) groups is 1. The second-order valence-electron chi connectivity index (χ2n) is 5.73. The van der Waals surface area contributed by atoms with Crippen molar-refractivity contribution in [2.75, 3.05) is 12.3 Å². The Morgan fingerprint density at radius 2 is 2.04 bits per heavy atom. The summed E-state index contributed by atoms with van der Waals surface area (Å²) in [6.45, 7) is 2.63. The average molecular weight is 395 g/mol. The van der Waals surface area contributed by atoms with Crippen LogP contribution < -0.4 is 5.32 Å². The fourth-order valence-corrected chi connectivity index (χ4v) is 5.24. The molecular weight excluding hydrogens is 376 g/mol. The van der Waals surface area contributed by atoms with Gasteiger partial charge in [0.1, 0.15) is 11.4 Å². The largest absolute Gasteiger partial charge is 0.354 e. The Morgan fingerprint density at radius 1 is 1.28 bits per heavy atom. The summed E-state index contributed by atoms with van der Waals surface area (Å²) in [5, 5.41) is 5.36. The molecule has 4 nitrogen and oxygen atoms in total. The summed E-state index contributed by atoms with van der Waals surface area (Å²) < 4.78 is 0. The maximum Gasteiger partial charge on any atom is 0.255 e. The van der Waals surface area contributed by atoms with Crippen LogP contribution in [0.4, 0.5) is 0 Å². The van der Waals surface area contributed by atoms with E-state index in [-0.39, 0.29) is 17.2 Å². The molecule has 7 heteroatoms. The van der Waals surface area contributed by atoms with Crippen molar-refractivity contribution in [1.82, 2.24) is 10.2 Å². The second kappa shape index (κ2) is 8.25. The summed E-state index contributed by atoms with van der Waals surface area (Å²) in [5.74, 6) is 0.365. The van der Waals surface area contributed by atoms with Crippen LogP contribution >= 0.6 is 34.7 Å². The number of amides is 2. The van der Waals surface area contributed by atoms with Crippen molar-refractivity contribution in [3.63, 3.8) is 0 Å². The summed E-state index contributed by atoms with van der Waals surface area (Å²) in [6, 6.07) is 10.3. The number of benzene rings is 1. The van der Waals surface area contributed by atoms with Gasteiger partial charge in [-0.05, 0) is 42.1 Å². The highest BCUT2D eigenvalue weighted by Crippen LogP contribution is 2.43. The molecule has 1 fully saturated rings. The number of halogens is 1. The van der Waals surface area contributed by atoms with Crippen molar-refractivity contribution in [2.24, 2.45) is 0 Å². The molecule has 0 saturated carbocycles. The van der Waals surface area contributed by atoms with Gasteiger partial charge in [0, 0.05) is 27.8 Å². The molecule has 0 spiro atoms. The van der Waals surface area contributed by atoms with E-state index in [1.807, 2.05) is 24.4 Å². The molecule has 1 aromatic heterocycles. The van der Waals surface area contributed by atoms with Crippen LogP contribution in [-0.2, 0) is 4.79 Å². The predicted molar refractivity (Wildman–Crippen MR) is 104 cm³/mol. The van der Waals surface area contributed by atoms with Crippen LogP contribution in [0.1, 0.15) is 34.0 Å². The van der Waals surface area contributed by atoms with Gasteiger partial charge < -0.3 is 10.2 Å². The summed E-state index contributed by atoms with van der Waals surface area (Å²) in [5.41, 5.74) is 0.543. The van der Waals surface area contributed by atoms with Crippen LogP contribution in [-0.4, -0.2) is 35.1 Å². The van der Waals surface area contributed by atoms with Crippen molar-refractivity contribution < 1.29 is 9.59 Å². The fraction of sp³-hybridized carbons (Fsp3) is 0.333. The molecule has 0 unspecified atom stereocenters. The lowest BCUT2D eigenvalue weighted by molar-refractivity contribution is -0.124. The molecule has 1 N–H and O–H groups in total. The lowest BCUT2D eigenvalue weighted by Gasteiger charge is -2.28. The van der Waals surface area contributed by atoms with Gasteiger partial charge in [0.15, 0.2) is 0 Å². The van der Waals surface area contributed by atoms with Gasteiger partial charge in [0.25, 0.3) is 5.91 Å². The lowest BCUT2D eigenvalue weighted by atomic mass is 10.1. The van der Waals surface area contributed by atoms with Crippen LogP contribution in [0.2, 0.25) is 5.02 Å².